The lowest BCUT2D eigenvalue weighted by molar-refractivity contribution is 0.0954. The minimum absolute atomic E-state index is 0.0254. The zero-order valence-corrected chi connectivity index (χ0v) is 10.7. The molecule has 0 unspecified atom stereocenters. The summed E-state index contributed by atoms with van der Waals surface area (Å²) in [5.41, 5.74) is 2.93. The molecule has 0 spiro atoms. The molecule has 0 bridgehead atoms. The van der Waals surface area contributed by atoms with E-state index in [4.69, 9.17) is 0 Å². The maximum absolute atomic E-state index is 11.9. The summed E-state index contributed by atoms with van der Waals surface area (Å²) < 4.78 is 1.76. The van der Waals surface area contributed by atoms with Crippen molar-refractivity contribution < 1.29 is 4.79 Å². The number of aromatic nitrogens is 2. The van der Waals surface area contributed by atoms with Gasteiger partial charge in [0.1, 0.15) is 0 Å². The number of nitrogens with zero attached hydrogens (tertiary/aromatic N) is 2. The first-order chi connectivity index (χ1) is 8.65. The molecule has 1 N–H and O–H groups in total. The molecule has 1 heterocycles. The highest BCUT2D eigenvalue weighted by atomic mass is 16.1. The zero-order chi connectivity index (χ0) is 13.0. The molecule has 0 atom stereocenters. The second kappa shape index (κ2) is 5.49. The molecule has 94 valence electrons. The average Bonchev–Trinajstić information content (AvgIpc) is 2.75. The van der Waals surface area contributed by atoms with Gasteiger partial charge in [0.25, 0.3) is 5.91 Å². The van der Waals surface area contributed by atoms with E-state index in [9.17, 15) is 4.79 Å². The minimum atomic E-state index is -0.0254. The molecule has 1 aromatic heterocycles. The molecular weight excluding hydrogens is 226 g/mol. The third kappa shape index (κ3) is 3.20. The van der Waals surface area contributed by atoms with Gasteiger partial charge in [-0.2, -0.15) is 5.10 Å². The Labute approximate surface area is 107 Å². The summed E-state index contributed by atoms with van der Waals surface area (Å²) in [6.07, 6.45) is 4.57. The smallest absolute Gasteiger partial charge is 0.251 e. The molecule has 0 aliphatic carbocycles. The zero-order valence-electron chi connectivity index (χ0n) is 10.7. The Morgan fingerprint density at radius 3 is 2.94 bits per heavy atom. The Morgan fingerprint density at radius 2 is 2.28 bits per heavy atom. The summed E-state index contributed by atoms with van der Waals surface area (Å²) in [5.74, 6) is -0.0254. The van der Waals surface area contributed by atoms with Crippen LogP contribution in [0.15, 0.2) is 36.7 Å². The van der Waals surface area contributed by atoms with Gasteiger partial charge in [0.05, 0.1) is 6.20 Å². The molecule has 0 aliphatic rings. The summed E-state index contributed by atoms with van der Waals surface area (Å²) in [6, 6.07) is 7.59. The van der Waals surface area contributed by atoms with Crippen LogP contribution in [0.3, 0.4) is 0 Å². The lowest BCUT2D eigenvalue weighted by atomic mass is 10.1. The molecule has 2 rings (SSSR count). The van der Waals surface area contributed by atoms with Crippen LogP contribution in [0.25, 0.3) is 0 Å². The van der Waals surface area contributed by atoms with E-state index in [2.05, 4.69) is 10.4 Å². The van der Waals surface area contributed by atoms with Crippen LogP contribution in [-0.4, -0.2) is 22.2 Å². The van der Waals surface area contributed by atoms with E-state index < -0.39 is 0 Å². The number of benzene rings is 1. The number of hydrogen-bond donors (Lipinski definition) is 1. The largest absolute Gasteiger partial charge is 0.352 e. The van der Waals surface area contributed by atoms with E-state index >= 15 is 0 Å². The van der Waals surface area contributed by atoms with Gasteiger partial charge in [-0.25, -0.2) is 0 Å². The molecule has 1 amide bonds. The van der Waals surface area contributed by atoms with Gasteiger partial charge in [0, 0.05) is 25.4 Å². The topological polar surface area (TPSA) is 46.9 Å². The fourth-order valence-electron chi connectivity index (χ4n) is 1.81. The fraction of sp³-hybridized carbons (Fsp3) is 0.286. The van der Waals surface area contributed by atoms with Crippen molar-refractivity contribution in [2.45, 2.75) is 13.3 Å². The Kier molecular flexibility index (Phi) is 3.77. The second-order valence-corrected chi connectivity index (χ2v) is 4.40. The van der Waals surface area contributed by atoms with E-state index in [0.717, 1.165) is 17.5 Å². The average molecular weight is 243 g/mol. The van der Waals surface area contributed by atoms with Crippen LogP contribution in [0, 0.1) is 6.92 Å². The van der Waals surface area contributed by atoms with Gasteiger partial charge in [-0.15, -0.1) is 0 Å². The molecular formula is C14H17N3O. The van der Waals surface area contributed by atoms with Crippen LogP contribution in [-0.2, 0) is 13.5 Å². The molecule has 4 heteroatoms. The molecule has 1 aromatic carbocycles. The van der Waals surface area contributed by atoms with E-state index in [1.54, 1.807) is 4.68 Å². The fourth-order valence-corrected chi connectivity index (χ4v) is 1.81. The highest BCUT2D eigenvalue weighted by Crippen LogP contribution is 2.03. The molecule has 18 heavy (non-hydrogen) atoms. The Balaban J connectivity index is 1.85. The van der Waals surface area contributed by atoms with Crippen LogP contribution in [0.2, 0.25) is 0 Å². The van der Waals surface area contributed by atoms with Gasteiger partial charge in [-0.1, -0.05) is 17.7 Å². The second-order valence-electron chi connectivity index (χ2n) is 4.40. The van der Waals surface area contributed by atoms with Gasteiger partial charge in [-0.05, 0) is 31.0 Å². The van der Waals surface area contributed by atoms with Crippen molar-refractivity contribution in [1.29, 1.82) is 0 Å². The van der Waals surface area contributed by atoms with Gasteiger partial charge in [0.15, 0.2) is 0 Å². The third-order valence-electron chi connectivity index (χ3n) is 2.74. The maximum atomic E-state index is 11.9. The molecule has 0 radical (unpaired) electrons. The van der Waals surface area contributed by atoms with Crippen molar-refractivity contribution in [2.24, 2.45) is 7.05 Å². The Bertz CT molecular complexity index is 545. The SMILES string of the molecule is Cc1cccc(C(=O)NCCc2cnn(C)c2)c1. The first kappa shape index (κ1) is 12.4. The van der Waals surface area contributed by atoms with Crippen molar-refractivity contribution in [3.8, 4) is 0 Å². The van der Waals surface area contributed by atoms with Crippen LogP contribution in [0.4, 0.5) is 0 Å². The summed E-state index contributed by atoms with van der Waals surface area (Å²) in [6.45, 7) is 2.60. The quantitative estimate of drug-likeness (QED) is 0.888. The Morgan fingerprint density at radius 1 is 1.44 bits per heavy atom. The van der Waals surface area contributed by atoms with Crippen molar-refractivity contribution >= 4 is 5.91 Å². The number of nitrogens with one attached hydrogen (secondary N) is 1. The predicted molar refractivity (Wildman–Crippen MR) is 70.4 cm³/mol. The van der Waals surface area contributed by atoms with E-state index in [1.165, 1.54) is 0 Å². The van der Waals surface area contributed by atoms with Gasteiger partial charge in [-0.3, -0.25) is 9.48 Å². The molecule has 0 fully saturated rings. The number of carbonyl (C=O) groups is 1. The van der Waals surface area contributed by atoms with Gasteiger partial charge in [0.2, 0.25) is 0 Å². The van der Waals surface area contributed by atoms with Gasteiger partial charge < -0.3 is 5.32 Å². The normalized spacial score (nSPS) is 10.3. The number of carbonyl (C=O) groups excluding carboxylic acids is 1. The lowest BCUT2D eigenvalue weighted by Crippen LogP contribution is -2.25. The van der Waals surface area contributed by atoms with Crippen LogP contribution in [0.5, 0.6) is 0 Å². The summed E-state index contributed by atoms with van der Waals surface area (Å²) in [7, 11) is 1.88. The standard InChI is InChI=1S/C14H17N3O/c1-11-4-3-5-13(8-11)14(18)15-7-6-12-9-16-17(2)10-12/h3-5,8-10H,6-7H2,1-2H3,(H,15,18). The highest BCUT2D eigenvalue weighted by Gasteiger charge is 2.04. The van der Waals surface area contributed by atoms with Crippen molar-refractivity contribution in [3.05, 3.63) is 53.3 Å². The van der Waals surface area contributed by atoms with E-state index in [1.807, 2.05) is 50.6 Å². The maximum Gasteiger partial charge on any atom is 0.251 e. The number of aryl methyl sites for hydroxylation is 2. The van der Waals surface area contributed by atoms with Crippen LogP contribution in [0.1, 0.15) is 21.5 Å². The minimum Gasteiger partial charge on any atom is -0.352 e. The first-order valence-corrected chi connectivity index (χ1v) is 5.97. The first-order valence-electron chi connectivity index (χ1n) is 5.97. The number of rotatable bonds is 4. The van der Waals surface area contributed by atoms with Crippen molar-refractivity contribution in [2.75, 3.05) is 6.54 Å². The summed E-state index contributed by atoms with van der Waals surface area (Å²) >= 11 is 0. The van der Waals surface area contributed by atoms with Crippen LogP contribution < -0.4 is 5.32 Å². The molecule has 4 nitrogen and oxygen atoms in total. The number of hydrogen-bond acceptors (Lipinski definition) is 2. The third-order valence-corrected chi connectivity index (χ3v) is 2.74. The van der Waals surface area contributed by atoms with Crippen molar-refractivity contribution in [1.82, 2.24) is 15.1 Å². The molecule has 0 saturated carbocycles. The van der Waals surface area contributed by atoms with Crippen molar-refractivity contribution in [3.63, 3.8) is 0 Å². The lowest BCUT2D eigenvalue weighted by Gasteiger charge is -2.04. The van der Waals surface area contributed by atoms with Gasteiger partial charge >= 0.3 is 0 Å². The Hall–Kier alpha value is -2.10. The predicted octanol–water partition coefficient (Wildman–Crippen LogP) is 1.70. The van der Waals surface area contributed by atoms with E-state index in [0.29, 0.717) is 12.1 Å². The van der Waals surface area contributed by atoms with E-state index in [-0.39, 0.29) is 5.91 Å². The monoisotopic (exact) mass is 243 g/mol. The number of amides is 1. The molecule has 0 saturated heterocycles. The highest BCUT2D eigenvalue weighted by molar-refractivity contribution is 5.94. The summed E-state index contributed by atoms with van der Waals surface area (Å²) in [4.78, 5) is 11.9. The summed E-state index contributed by atoms with van der Waals surface area (Å²) in [5, 5.41) is 7.00. The van der Waals surface area contributed by atoms with Crippen LogP contribution >= 0.6 is 0 Å². The molecule has 0 aliphatic heterocycles. The molecule has 2 aromatic rings.